The lowest BCUT2D eigenvalue weighted by molar-refractivity contribution is -0.127. The summed E-state index contributed by atoms with van der Waals surface area (Å²) in [5.41, 5.74) is 0.470. The highest BCUT2D eigenvalue weighted by Crippen LogP contribution is 2.46. The number of allylic oxidation sites excluding steroid dienone is 1. The van der Waals surface area contributed by atoms with Crippen molar-refractivity contribution in [2.24, 2.45) is 0 Å². The van der Waals surface area contributed by atoms with Gasteiger partial charge in [-0.3, -0.25) is 9.36 Å². The number of aromatic nitrogens is 2. The van der Waals surface area contributed by atoms with Crippen molar-refractivity contribution in [2.45, 2.75) is 30.6 Å². The molecular formula is C25H20ClF5N4O2S. The van der Waals surface area contributed by atoms with Crippen LogP contribution in [0.3, 0.4) is 0 Å². The highest BCUT2D eigenvalue weighted by Gasteiger charge is 2.32. The van der Waals surface area contributed by atoms with Gasteiger partial charge in [-0.2, -0.15) is 18.2 Å². The van der Waals surface area contributed by atoms with Gasteiger partial charge in [0.15, 0.2) is 0 Å². The number of hydrogen-bond donors (Lipinski definition) is 0. The summed E-state index contributed by atoms with van der Waals surface area (Å²) < 4.78 is 67.3. The predicted molar refractivity (Wildman–Crippen MR) is 136 cm³/mol. The topological polar surface area (TPSA) is 58.4 Å². The van der Waals surface area contributed by atoms with Crippen LogP contribution in [0.2, 0.25) is 5.02 Å². The zero-order valence-corrected chi connectivity index (χ0v) is 21.4. The van der Waals surface area contributed by atoms with Gasteiger partial charge in [0.05, 0.1) is 10.5 Å². The summed E-state index contributed by atoms with van der Waals surface area (Å²) in [7, 11) is 0. The lowest BCUT2D eigenvalue weighted by Crippen LogP contribution is -2.54. The number of halogens is 6. The summed E-state index contributed by atoms with van der Waals surface area (Å²) in [6.07, 6.45) is -4.18. The minimum absolute atomic E-state index is 0.0949. The van der Waals surface area contributed by atoms with E-state index in [0.717, 1.165) is 12.1 Å². The first-order valence-corrected chi connectivity index (χ1v) is 13.0. The van der Waals surface area contributed by atoms with E-state index in [-0.39, 0.29) is 42.3 Å². The summed E-state index contributed by atoms with van der Waals surface area (Å²) in [6, 6.07) is 4.42. The molecule has 1 amide bonds. The van der Waals surface area contributed by atoms with E-state index in [1.807, 2.05) is 4.90 Å². The van der Waals surface area contributed by atoms with Gasteiger partial charge in [0.2, 0.25) is 5.91 Å². The Hall–Kier alpha value is -3.12. The number of nitrogens with zero attached hydrogens (tertiary/aromatic N) is 4. The first-order valence-electron chi connectivity index (χ1n) is 11.6. The second-order valence-corrected chi connectivity index (χ2v) is 10.5. The highest BCUT2D eigenvalue weighted by molar-refractivity contribution is 7.99. The fourth-order valence-corrected chi connectivity index (χ4v) is 6.41. The van der Waals surface area contributed by atoms with Crippen molar-refractivity contribution in [3.05, 3.63) is 63.6 Å². The molecule has 1 fully saturated rings. The maximum absolute atomic E-state index is 14.8. The van der Waals surface area contributed by atoms with Gasteiger partial charge in [-0.15, -0.1) is 11.8 Å². The third-order valence-corrected chi connectivity index (χ3v) is 7.91. The van der Waals surface area contributed by atoms with E-state index in [1.165, 1.54) is 27.3 Å². The molecule has 1 atom stereocenters. The molecule has 3 aromatic rings. The zero-order valence-electron chi connectivity index (χ0n) is 19.9. The largest absolute Gasteiger partial charge is 0.409 e. The molecule has 2 aliphatic heterocycles. The van der Waals surface area contributed by atoms with E-state index in [2.05, 4.69) is 4.98 Å². The standard InChI is InChI=1S/C25H20ClF5N4O2S/c1-13-12-33(19(36)4-5-25(29,30)31)6-7-34(13)23-16-11-17(26)20(15-3-2-14(27)10-18(15)28)22-21(16)35(8-9-38-22)24(37)32-23/h2-5,10-11,13H,6-9,12H2,1H3/b5-4+/t13-/m0/s1. The summed E-state index contributed by atoms with van der Waals surface area (Å²) >= 11 is 8.08. The molecular weight excluding hydrogens is 551 g/mol. The van der Waals surface area contributed by atoms with Gasteiger partial charge in [-0.05, 0) is 25.1 Å². The van der Waals surface area contributed by atoms with Crippen LogP contribution in [0.5, 0.6) is 0 Å². The second kappa shape index (κ2) is 9.88. The molecule has 0 radical (unpaired) electrons. The number of carbonyl (C=O) groups is 1. The van der Waals surface area contributed by atoms with Gasteiger partial charge >= 0.3 is 11.9 Å². The highest BCUT2D eigenvalue weighted by atomic mass is 35.5. The van der Waals surface area contributed by atoms with Gasteiger partial charge in [0, 0.05) is 77.6 Å². The summed E-state index contributed by atoms with van der Waals surface area (Å²) in [5, 5.41) is 0.742. The van der Waals surface area contributed by atoms with E-state index >= 15 is 0 Å². The second-order valence-electron chi connectivity index (χ2n) is 9.00. The van der Waals surface area contributed by atoms with Crippen LogP contribution in [-0.4, -0.2) is 58.0 Å². The molecule has 0 N–H and O–H groups in total. The average Bonchev–Trinajstić information content (AvgIpc) is 2.85. The third-order valence-electron chi connectivity index (χ3n) is 6.54. The number of carbonyl (C=O) groups excluding carboxylic acids is 1. The fraction of sp³-hybridized carbons (Fsp3) is 0.320. The molecule has 2 aliphatic rings. The van der Waals surface area contributed by atoms with E-state index < -0.39 is 29.4 Å². The first-order chi connectivity index (χ1) is 17.9. The Morgan fingerprint density at radius 1 is 1.18 bits per heavy atom. The molecule has 0 saturated carbocycles. The molecule has 2 aromatic carbocycles. The molecule has 6 nitrogen and oxygen atoms in total. The molecule has 1 saturated heterocycles. The zero-order chi connectivity index (χ0) is 27.4. The van der Waals surface area contributed by atoms with Gasteiger partial charge < -0.3 is 9.80 Å². The van der Waals surface area contributed by atoms with E-state index in [0.29, 0.717) is 45.6 Å². The van der Waals surface area contributed by atoms with Crippen molar-refractivity contribution in [1.29, 1.82) is 0 Å². The van der Waals surface area contributed by atoms with Crippen molar-refractivity contribution in [1.82, 2.24) is 14.5 Å². The maximum atomic E-state index is 14.8. The van der Waals surface area contributed by atoms with Crippen LogP contribution < -0.4 is 10.6 Å². The number of anilines is 1. The summed E-state index contributed by atoms with van der Waals surface area (Å²) in [5.74, 6) is -1.44. The molecule has 0 unspecified atom stereocenters. The minimum Gasteiger partial charge on any atom is -0.350 e. The molecule has 200 valence electrons. The first kappa shape index (κ1) is 26.5. The maximum Gasteiger partial charge on any atom is 0.409 e. The normalized spacial score (nSPS) is 18.0. The predicted octanol–water partition coefficient (Wildman–Crippen LogP) is 5.26. The van der Waals surface area contributed by atoms with Crippen LogP contribution >= 0.6 is 23.4 Å². The Morgan fingerprint density at radius 2 is 1.95 bits per heavy atom. The van der Waals surface area contributed by atoms with Gasteiger partial charge in [0.25, 0.3) is 0 Å². The Kier molecular flexibility index (Phi) is 6.89. The molecule has 13 heteroatoms. The van der Waals surface area contributed by atoms with Gasteiger partial charge in [0.1, 0.15) is 17.5 Å². The number of aryl methyl sites for hydroxylation is 1. The van der Waals surface area contributed by atoms with Crippen LogP contribution in [0.25, 0.3) is 22.0 Å². The molecule has 5 rings (SSSR count). The summed E-state index contributed by atoms with van der Waals surface area (Å²) in [4.78, 5) is 33.4. The van der Waals surface area contributed by atoms with E-state index in [1.54, 1.807) is 13.0 Å². The van der Waals surface area contributed by atoms with Gasteiger partial charge in [-0.25, -0.2) is 13.6 Å². The van der Waals surface area contributed by atoms with E-state index in [4.69, 9.17) is 11.6 Å². The Labute approximate surface area is 222 Å². The lowest BCUT2D eigenvalue weighted by Gasteiger charge is -2.41. The van der Waals surface area contributed by atoms with Crippen molar-refractivity contribution < 1.29 is 26.7 Å². The smallest absolute Gasteiger partial charge is 0.350 e. The van der Waals surface area contributed by atoms with Crippen LogP contribution in [0, 0.1) is 11.6 Å². The number of hydrogen-bond acceptors (Lipinski definition) is 5. The van der Waals surface area contributed by atoms with E-state index in [9.17, 15) is 31.5 Å². The fourth-order valence-electron chi connectivity index (χ4n) is 4.85. The van der Waals surface area contributed by atoms with Crippen LogP contribution in [-0.2, 0) is 11.3 Å². The van der Waals surface area contributed by atoms with Crippen LogP contribution in [0.4, 0.5) is 27.8 Å². The van der Waals surface area contributed by atoms with Crippen molar-refractivity contribution >= 4 is 46.0 Å². The average molecular weight is 571 g/mol. The number of piperazine rings is 1. The number of alkyl halides is 3. The molecule has 0 aliphatic carbocycles. The van der Waals surface area contributed by atoms with Crippen LogP contribution in [0.15, 0.2) is 46.1 Å². The number of amides is 1. The Balaban J connectivity index is 1.58. The third kappa shape index (κ3) is 4.86. The minimum atomic E-state index is -4.59. The molecule has 3 heterocycles. The number of thioether (sulfide) groups is 1. The van der Waals surface area contributed by atoms with Crippen molar-refractivity contribution in [2.75, 3.05) is 30.3 Å². The SMILES string of the molecule is C[C@H]1CN(C(=O)/C=C/C(F)(F)F)CCN1c1nc(=O)n2c3c(c(-c4ccc(F)cc4F)c(Cl)cc13)SCC2. The number of benzene rings is 2. The monoisotopic (exact) mass is 570 g/mol. The quantitative estimate of drug-likeness (QED) is 0.318. The molecule has 1 aromatic heterocycles. The van der Waals surface area contributed by atoms with Gasteiger partial charge in [-0.1, -0.05) is 11.6 Å². The Bertz CT molecular complexity index is 1540. The van der Waals surface area contributed by atoms with Crippen LogP contribution in [0.1, 0.15) is 6.92 Å². The molecule has 0 spiro atoms. The number of rotatable bonds is 3. The van der Waals surface area contributed by atoms with Crippen molar-refractivity contribution in [3.8, 4) is 11.1 Å². The lowest BCUT2D eigenvalue weighted by atomic mass is 10.0. The van der Waals surface area contributed by atoms with Crippen molar-refractivity contribution in [3.63, 3.8) is 0 Å². The molecule has 0 bridgehead atoms. The molecule has 38 heavy (non-hydrogen) atoms. The Morgan fingerprint density at radius 3 is 2.63 bits per heavy atom. The summed E-state index contributed by atoms with van der Waals surface area (Å²) in [6.45, 7) is 2.59.